The van der Waals surface area contributed by atoms with Gasteiger partial charge in [-0.2, -0.15) is 13.2 Å². The van der Waals surface area contributed by atoms with Crippen molar-refractivity contribution in [2.24, 2.45) is 0 Å². The van der Waals surface area contributed by atoms with Crippen LogP contribution in [0.3, 0.4) is 0 Å². The summed E-state index contributed by atoms with van der Waals surface area (Å²) >= 11 is 0. The lowest BCUT2D eigenvalue weighted by molar-refractivity contribution is -0.138. The van der Waals surface area contributed by atoms with Crippen molar-refractivity contribution >= 4 is 11.9 Å². The summed E-state index contributed by atoms with van der Waals surface area (Å²) in [6.07, 6.45) is -1.48. The van der Waals surface area contributed by atoms with E-state index in [9.17, 15) is 22.8 Å². The zero-order valence-corrected chi connectivity index (χ0v) is 16.4. The van der Waals surface area contributed by atoms with Crippen LogP contribution < -0.4 is 5.32 Å². The van der Waals surface area contributed by atoms with Gasteiger partial charge in [-0.15, -0.1) is 0 Å². The minimum Gasteiger partial charge on any atom is -0.338 e. The Morgan fingerprint density at radius 2 is 1.70 bits per heavy atom. The molecule has 160 valence electrons. The van der Waals surface area contributed by atoms with Crippen molar-refractivity contribution in [3.63, 3.8) is 0 Å². The number of nitrogens with one attached hydrogen (secondary N) is 1. The Morgan fingerprint density at radius 3 is 2.43 bits per heavy atom. The normalized spacial score (nSPS) is 14.9. The fourth-order valence-electron chi connectivity index (χ4n) is 3.38. The van der Waals surface area contributed by atoms with Gasteiger partial charge < -0.3 is 15.1 Å². The quantitative estimate of drug-likeness (QED) is 0.826. The van der Waals surface area contributed by atoms with Crippen LogP contribution in [0, 0.1) is 0 Å². The van der Waals surface area contributed by atoms with Gasteiger partial charge >= 0.3 is 12.2 Å². The highest BCUT2D eigenvalue weighted by Gasteiger charge is 2.36. The van der Waals surface area contributed by atoms with E-state index in [1.165, 1.54) is 4.90 Å². The van der Waals surface area contributed by atoms with Gasteiger partial charge in [0.15, 0.2) is 0 Å². The topological polar surface area (TPSA) is 65.5 Å². The predicted octanol–water partition coefficient (Wildman–Crippen LogP) is 3.20. The summed E-state index contributed by atoms with van der Waals surface area (Å²) in [5, 5.41) is 2.86. The van der Waals surface area contributed by atoms with Crippen LogP contribution in [-0.4, -0.2) is 59.4 Å². The van der Waals surface area contributed by atoms with Gasteiger partial charge in [-0.1, -0.05) is 30.3 Å². The highest BCUT2D eigenvalue weighted by atomic mass is 19.4. The van der Waals surface area contributed by atoms with Crippen molar-refractivity contribution in [1.82, 2.24) is 20.1 Å². The van der Waals surface area contributed by atoms with E-state index in [2.05, 4.69) is 10.3 Å². The molecule has 0 bridgehead atoms. The number of hydrogen-bond acceptors (Lipinski definition) is 3. The zero-order chi connectivity index (χ0) is 21.6. The van der Waals surface area contributed by atoms with Crippen molar-refractivity contribution in [1.29, 1.82) is 0 Å². The number of hydrogen-bond donors (Lipinski definition) is 1. The van der Waals surface area contributed by atoms with E-state index in [4.69, 9.17) is 0 Å². The molecule has 0 atom stereocenters. The zero-order valence-electron chi connectivity index (χ0n) is 16.4. The molecule has 30 heavy (non-hydrogen) atoms. The number of urea groups is 1. The number of carbonyl (C=O) groups is 2. The SMILES string of the molecule is O=C(NCCc1ccccc1)N1CCCN(C(=O)c2cnccc2C(F)(F)F)CC1. The third-order valence-electron chi connectivity index (χ3n) is 4.96. The van der Waals surface area contributed by atoms with E-state index < -0.39 is 23.2 Å². The van der Waals surface area contributed by atoms with Crippen molar-refractivity contribution < 1.29 is 22.8 Å². The molecule has 0 spiro atoms. The second kappa shape index (κ2) is 9.60. The number of pyridine rings is 1. The maximum absolute atomic E-state index is 13.2. The maximum atomic E-state index is 13.2. The van der Waals surface area contributed by atoms with Gasteiger partial charge in [0.25, 0.3) is 5.91 Å². The van der Waals surface area contributed by atoms with E-state index in [1.54, 1.807) is 4.90 Å². The first-order valence-corrected chi connectivity index (χ1v) is 9.73. The average molecular weight is 420 g/mol. The Morgan fingerprint density at radius 1 is 1.00 bits per heavy atom. The van der Waals surface area contributed by atoms with Crippen LogP contribution in [0.4, 0.5) is 18.0 Å². The van der Waals surface area contributed by atoms with Crippen LogP contribution in [0.2, 0.25) is 0 Å². The van der Waals surface area contributed by atoms with Crippen molar-refractivity contribution in [2.75, 3.05) is 32.7 Å². The molecule has 3 rings (SSSR count). The molecule has 1 fully saturated rings. The molecule has 1 saturated heterocycles. The standard InChI is InChI=1S/C21H23F3N4O2/c22-21(23,24)18-8-9-25-15-17(18)19(29)27-11-4-12-28(14-13-27)20(30)26-10-7-16-5-2-1-3-6-16/h1-3,5-6,8-9,15H,4,7,10-14H2,(H,26,30). The summed E-state index contributed by atoms with van der Waals surface area (Å²) in [4.78, 5) is 31.7. The summed E-state index contributed by atoms with van der Waals surface area (Å²) in [6, 6.07) is 10.3. The lowest BCUT2D eigenvalue weighted by Crippen LogP contribution is -2.43. The number of aromatic nitrogens is 1. The molecule has 0 unspecified atom stereocenters. The second-order valence-electron chi connectivity index (χ2n) is 7.02. The molecule has 1 aliphatic rings. The lowest BCUT2D eigenvalue weighted by atomic mass is 10.1. The van der Waals surface area contributed by atoms with E-state index in [-0.39, 0.29) is 25.7 Å². The molecule has 1 aliphatic heterocycles. The Kier molecular flexibility index (Phi) is 6.91. The minimum absolute atomic E-state index is 0.164. The first kappa shape index (κ1) is 21.6. The highest BCUT2D eigenvalue weighted by molar-refractivity contribution is 5.95. The summed E-state index contributed by atoms with van der Waals surface area (Å²) in [5.41, 5.74) is -0.351. The Balaban J connectivity index is 1.56. The molecule has 0 saturated carbocycles. The van der Waals surface area contributed by atoms with E-state index in [0.29, 0.717) is 25.9 Å². The fraction of sp³-hybridized carbons (Fsp3) is 0.381. The Hall–Kier alpha value is -3.10. The van der Waals surface area contributed by atoms with Crippen LogP contribution in [0.15, 0.2) is 48.8 Å². The van der Waals surface area contributed by atoms with Crippen LogP contribution in [0.25, 0.3) is 0 Å². The molecule has 1 aromatic heterocycles. The monoisotopic (exact) mass is 420 g/mol. The molecule has 3 amide bonds. The van der Waals surface area contributed by atoms with E-state index in [1.807, 2.05) is 30.3 Å². The largest absolute Gasteiger partial charge is 0.417 e. The Bertz CT molecular complexity index is 874. The molecule has 2 aromatic rings. The molecular weight excluding hydrogens is 397 g/mol. The third kappa shape index (κ3) is 5.49. The van der Waals surface area contributed by atoms with Gasteiger partial charge in [0, 0.05) is 45.1 Å². The molecule has 9 heteroatoms. The summed E-state index contributed by atoms with van der Waals surface area (Å²) in [7, 11) is 0. The minimum atomic E-state index is -4.63. The molecule has 0 aliphatic carbocycles. The molecule has 2 heterocycles. The molecule has 0 radical (unpaired) electrons. The summed E-state index contributed by atoms with van der Waals surface area (Å²) in [5.74, 6) is -0.721. The molecule has 1 N–H and O–H groups in total. The highest BCUT2D eigenvalue weighted by Crippen LogP contribution is 2.32. The number of halogens is 3. The van der Waals surface area contributed by atoms with E-state index in [0.717, 1.165) is 24.0 Å². The second-order valence-corrected chi connectivity index (χ2v) is 7.02. The Labute approximate surface area is 172 Å². The van der Waals surface area contributed by atoms with Gasteiger partial charge in [0.1, 0.15) is 0 Å². The number of alkyl halides is 3. The average Bonchev–Trinajstić information content (AvgIpc) is 3.00. The molecule has 6 nitrogen and oxygen atoms in total. The van der Waals surface area contributed by atoms with Crippen LogP contribution in [0.5, 0.6) is 0 Å². The van der Waals surface area contributed by atoms with Crippen LogP contribution in [-0.2, 0) is 12.6 Å². The van der Waals surface area contributed by atoms with Gasteiger partial charge in [-0.3, -0.25) is 9.78 Å². The first-order valence-electron chi connectivity index (χ1n) is 9.73. The third-order valence-corrected chi connectivity index (χ3v) is 4.96. The summed E-state index contributed by atoms with van der Waals surface area (Å²) in [6.45, 7) is 1.60. The van der Waals surface area contributed by atoms with Crippen molar-refractivity contribution in [3.8, 4) is 0 Å². The summed E-state index contributed by atoms with van der Waals surface area (Å²) < 4.78 is 39.6. The van der Waals surface area contributed by atoms with Gasteiger partial charge in [0.2, 0.25) is 0 Å². The molecule has 1 aromatic carbocycles. The number of carbonyl (C=O) groups excluding carboxylic acids is 2. The van der Waals surface area contributed by atoms with E-state index >= 15 is 0 Å². The lowest BCUT2D eigenvalue weighted by Gasteiger charge is -2.23. The van der Waals surface area contributed by atoms with Gasteiger partial charge in [-0.25, -0.2) is 4.79 Å². The number of nitrogens with zero attached hydrogens (tertiary/aromatic N) is 3. The predicted molar refractivity (Wildman–Crippen MR) is 105 cm³/mol. The maximum Gasteiger partial charge on any atom is 0.417 e. The number of benzene rings is 1. The van der Waals surface area contributed by atoms with Gasteiger partial charge in [-0.05, 0) is 24.5 Å². The number of amides is 3. The number of rotatable bonds is 4. The fourth-order valence-corrected chi connectivity index (χ4v) is 3.38. The van der Waals surface area contributed by atoms with Crippen molar-refractivity contribution in [3.05, 3.63) is 65.5 Å². The van der Waals surface area contributed by atoms with Crippen LogP contribution >= 0.6 is 0 Å². The van der Waals surface area contributed by atoms with Crippen LogP contribution in [0.1, 0.15) is 27.9 Å². The van der Waals surface area contributed by atoms with Gasteiger partial charge in [0.05, 0.1) is 11.1 Å². The van der Waals surface area contributed by atoms with Crippen molar-refractivity contribution in [2.45, 2.75) is 19.0 Å². The first-order chi connectivity index (χ1) is 14.4. The smallest absolute Gasteiger partial charge is 0.338 e. The molecular formula is C21H23F3N4O2.